The number of rotatable bonds is 5. The molecule has 5 nitrogen and oxygen atoms in total. The van der Waals surface area contributed by atoms with Gasteiger partial charge < -0.3 is 14.0 Å². The number of carbonyl (C=O) groups excluding carboxylic acids is 1. The predicted molar refractivity (Wildman–Crippen MR) is 73.5 cm³/mol. The molecule has 1 aromatic heterocycles. The number of benzene rings is 1. The first-order chi connectivity index (χ1) is 9.70. The Bertz CT molecular complexity index is 634. The highest BCUT2D eigenvalue weighted by molar-refractivity contribution is 5.69. The summed E-state index contributed by atoms with van der Waals surface area (Å²) in [5.74, 6) is -0.271. The number of pyridine rings is 1. The van der Waals surface area contributed by atoms with E-state index in [2.05, 4.69) is 0 Å². The molecule has 0 aliphatic rings. The maximum atomic E-state index is 11.8. The molecule has 5 heteroatoms. The monoisotopic (exact) mass is 273 g/mol. The number of ether oxygens (including phenoxy) is 2. The minimum Gasteiger partial charge on any atom is -0.491 e. The van der Waals surface area contributed by atoms with Crippen molar-refractivity contribution in [2.75, 3.05) is 7.11 Å². The Morgan fingerprint density at radius 1 is 1.15 bits per heavy atom. The second-order valence-corrected chi connectivity index (χ2v) is 4.16. The average Bonchev–Trinajstić information content (AvgIpc) is 2.48. The van der Waals surface area contributed by atoms with Gasteiger partial charge in [-0.25, -0.2) is 0 Å². The summed E-state index contributed by atoms with van der Waals surface area (Å²) in [6, 6.07) is 12.6. The van der Waals surface area contributed by atoms with E-state index in [1.54, 1.807) is 12.1 Å². The Hall–Kier alpha value is -2.56. The summed E-state index contributed by atoms with van der Waals surface area (Å²) in [5.41, 5.74) is 0.547. The summed E-state index contributed by atoms with van der Waals surface area (Å²) in [4.78, 5) is 23.6. The molecule has 0 saturated carbocycles. The molecule has 0 saturated heterocycles. The Balaban J connectivity index is 1.97. The Kier molecular flexibility index (Phi) is 4.55. The van der Waals surface area contributed by atoms with Crippen molar-refractivity contribution in [2.45, 2.75) is 13.2 Å². The molecule has 1 aromatic carbocycles. The molecule has 0 fully saturated rings. The topological polar surface area (TPSA) is 57.5 Å². The lowest BCUT2D eigenvalue weighted by molar-refractivity contribution is -0.145. The van der Waals surface area contributed by atoms with Crippen molar-refractivity contribution in [1.82, 2.24) is 4.57 Å². The molecule has 104 valence electrons. The van der Waals surface area contributed by atoms with Crippen LogP contribution in [0.5, 0.6) is 5.75 Å². The van der Waals surface area contributed by atoms with Crippen molar-refractivity contribution in [2.24, 2.45) is 0 Å². The number of aromatic nitrogens is 1. The maximum Gasteiger partial charge on any atom is 0.326 e. The van der Waals surface area contributed by atoms with E-state index in [9.17, 15) is 9.59 Å². The molecule has 0 atom stereocenters. The standard InChI is InChI=1S/C15H15NO4/c1-19-13-8-5-9-16(15(13)18)10-14(17)20-11-12-6-3-2-4-7-12/h2-9H,10-11H2,1H3. The average molecular weight is 273 g/mol. The smallest absolute Gasteiger partial charge is 0.326 e. The third-order valence-corrected chi connectivity index (χ3v) is 2.75. The van der Waals surface area contributed by atoms with Crippen LogP contribution in [0.25, 0.3) is 0 Å². The van der Waals surface area contributed by atoms with Gasteiger partial charge in [-0.1, -0.05) is 30.3 Å². The van der Waals surface area contributed by atoms with E-state index in [0.29, 0.717) is 0 Å². The molecule has 0 aliphatic carbocycles. The van der Waals surface area contributed by atoms with Gasteiger partial charge in [-0.2, -0.15) is 0 Å². The molecule has 0 unspecified atom stereocenters. The molecule has 0 aliphatic heterocycles. The van der Waals surface area contributed by atoms with Crippen molar-refractivity contribution >= 4 is 5.97 Å². The van der Waals surface area contributed by atoms with Crippen LogP contribution in [0.4, 0.5) is 0 Å². The molecular weight excluding hydrogens is 258 g/mol. The fraction of sp³-hybridized carbons (Fsp3) is 0.200. The van der Waals surface area contributed by atoms with Crippen LogP contribution in [-0.2, 0) is 22.7 Å². The van der Waals surface area contributed by atoms with Gasteiger partial charge in [0.2, 0.25) is 0 Å². The largest absolute Gasteiger partial charge is 0.491 e. The van der Waals surface area contributed by atoms with Gasteiger partial charge in [-0.3, -0.25) is 9.59 Å². The number of hydrogen-bond acceptors (Lipinski definition) is 4. The Labute approximate surface area is 116 Å². The summed E-state index contributed by atoms with van der Waals surface area (Å²) in [5, 5.41) is 0. The molecule has 1 heterocycles. The molecule has 0 N–H and O–H groups in total. The van der Waals surface area contributed by atoms with Crippen molar-refractivity contribution in [3.63, 3.8) is 0 Å². The first kappa shape index (κ1) is 13.9. The van der Waals surface area contributed by atoms with E-state index in [-0.39, 0.29) is 24.5 Å². The summed E-state index contributed by atoms with van der Waals surface area (Å²) in [6.07, 6.45) is 1.52. The van der Waals surface area contributed by atoms with Crippen LogP contribution in [0.2, 0.25) is 0 Å². The summed E-state index contributed by atoms with van der Waals surface area (Å²) < 4.78 is 11.3. The van der Waals surface area contributed by atoms with Gasteiger partial charge in [0.25, 0.3) is 5.56 Å². The zero-order valence-electron chi connectivity index (χ0n) is 11.1. The van der Waals surface area contributed by atoms with Gasteiger partial charge >= 0.3 is 5.97 Å². The van der Waals surface area contributed by atoms with Crippen molar-refractivity contribution in [3.05, 3.63) is 64.6 Å². The lowest BCUT2D eigenvalue weighted by atomic mass is 10.2. The van der Waals surface area contributed by atoms with Crippen molar-refractivity contribution in [1.29, 1.82) is 0 Å². The van der Waals surface area contributed by atoms with Crippen LogP contribution in [0.3, 0.4) is 0 Å². The highest BCUT2D eigenvalue weighted by atomic mass is 16.5. The van der Waals surface area contributed by atoms with Crippen molar-refractivity contribution < 1.29 is 14.3 Å². The third-order valence-electron chi connectivity index (χ3n) is 2.75. The molecule has 0 bridgehead atoms. The number of esters is 1. The summed E-state index contributed by atoms with van der Waals surface area (Å²) >= 11 is 0. The van der Waals surface area contributed by atoms with Crippen molar-refractivity contribution in [3.8, 4) is 5.75 Å². The fourth-order valence-corrected chi connectivity index (χ4v) is 1.72. The van der Waals surface area contributed by atoms with Crippen LogP contribution >= 0.6 is 0 Å². The molecule has 2 rings (SSSR count). The van der Waals surface area contributed by atoms with E-state index >= 15 is 0 Å². The molecule has 0 spiro atoms. The van der Waals surface area contributed by atoms with Gasteiger partial charge in [0.1, 0.15) is 13.2 Å². The highest BCUT2D eigenvalue weighted by Crippen LogP contribution is 2.03. The van der Waals surface area contributed by atoms with Crippen LogP contribution in [0.15, 0.2) is 53.5 Å². The van der Waals surface area contributed by atoms with Gasteiger partial charge in [-0.15, -0.1) is 0 Å². The second-order valence-electron chi connectivity index (χ2n) is 4.16. The zero-order valence-corrected chi connectivity index (χ0v) is 11.1. The SMILES string of the molecule is COc1cccn(CC(=O)OCc2ccccc2)c1=O. The Morgan fingerprint density at radius 3 is 2.60 bits per heavy atom. The molecule has 2 aromatic rings. The van der Waals surface area contributed by atoms with Gasteiger partial charge in [0.05, 0.1) is 7.11 Å². The van der Waals surface area contributed by atoms with E-state index in [1.165, 1.54) is 17.9 Å². The first-order valence-corrected chi connectivity index (χ1v) is 6.13. The summed E-state index contributed by atoms with van der Waals surface area (Å²) in [7, 11) is 1.41. The van der Waals surface area contributed by atoms with Gasteiger partial charge in [0, 0.05) is 6.20 Å². The second kappa shape index (κ2) is 6.56. The van der Waals surface area contributed by atoms with E-state index in [1.807, 2.05) is 30.3 Å². The van der Waals surface area contributed by atoms with Crippen LogP contribution in [-0.4, -0.2) is 17.6 Å². The third kappa shape index (κ3) is 3.47. The zero-order chi connectivity index (χ0) is 14.4. The van der Waals surface area contributed by atoms with E-state index in [4.69, 9.17) is 9.47 Å². The number of nitrogens with zero attached hydrogens (tertiary/aromatic N) is 1. The minimum atomic E-state index is -0.468. The van der Waals surface area contributed by atoms with Crippen LogP contribution in [0, 0.1) is 0 Å². The van der Waals surface area contributed by atoms with Gasteiger partial charge in [-0.05, 0) is 17.7 Å². The molecule has 0 radical (unpaired) electrons. The van der Waals surface area contributed by atoms with E-state index in [0.717, 1.165) is 5.56 Å². The molecule has 20 heavy (non-hydrogen) atoms. The lowest BCUT2D eigenvalue weighted by Crippen LogP contribution is -2.25. The van der Waals surface area contributed by atoms with E-state index < -0.39 is 5.97 Å². The van der Waals surface area contributed by atoms with Crippen LogP contribution in [0.1, 0.15) is 5.56 Å². The molecule has 0 amide bonds. The quantitative estimate of drug-likeness (QED) is 0.776. The van der Waals surface area contributed by atoms with Gasteiger partial charge in [0.15, 0.2) is 5.75 Å². The maximum absolute atomic E-state index is 11.8. The summed E-state index contributed by atoms with van der Waals surface area (Å²) in [6.45, 7) is 0.0568. The van der Waals surface area contributed by atoms with Crippen LogP contribution < -0.4 is 10.3 Å². The fourth-order valence-electron chi connectivity index (χ4n) is 1.72. The normalized spacial score (nSPS) is 10.1. The number of carbonyl (C=O) groups is 1. The predicted octanol–water partition coefficient (Wildman–Crippen LogP) is 1.60. The minimum absolute atomic E-state index is 0.136. The lowest BCUT2D eigenvalue weighted by Gasteiger charge is -2.08. The molecular formula is C15H15NO4. The number of methoxy groups -OCH3 is 1. The number of hydrogen-bond donors (Lipinski definition) is 0. The highest BCUT2D eigenvalue weighted by Gasteiger charge is 2.08. The first-order valence-electron chi connectivity index (χ1n) is 6.13. The Morgan fingerprint density at radius 2 is 1.90 bits per heavy atom.